The van der Waals surface area contributed by atoms with Crippen molar-refractivity contribution >= 4 is 23.4 Å². The maximum Gasteiger partial charge on any atom is 0.273 e. The van der Waals surface area contributed by atoms with Gasteiger partial charge in [-0.05, 0) is 44.7 Å². The number of pyridine rings is 1. The Morgan fingerprint density at radius 1 is 1.04 bits per heavy atom. The van der Waals surface area contributed by atoms with Gasteiger partial charge >= 0.3 is 0 Å². The number of carbonyl (C=O) groups is 3. The first-order valence-corrected chi connectivity index (χ1v) is 9.66. The van der Waals surface area contributed by atoms with Gasteiger partial charge < -0.3 is 4.90 Å². The van der Waals surface area contributed by atoms with Crippen LogP contribution in [0.3, 0.4) is 0 Å². The number of imidazole rings is 1. The highest BCUT2D eigenvalue weighted by Crippen LogP contribution is 2.40. The highest BCUT2D eigenvalue weighted by molar-refractivity contribution is 6.02. The Labute approximate surface area is 157 Å². The van der Waals surface area contributed by atoms with E-state index in [0.29, 0.717) is 31.4 Å². The lowest BCUT2D eigenvalue weighted by Gasteiger charge is -2.41. The van der Waals surface area contributed by atoms with Gasteiger partial charge in [0.25, 0.3) is 5.91 Å². The molecule has 2 bridgehead atoms. The molecule has 7 heteroatoms. The van der Waals surface area contributed by atoms with Crippen LogP contribution in [0.15, 0.2) is 24.4 Å². The van der Waals surface area contributed by atoms with Crippen LogP contribution in [-0.4, -0.2) is 55.0 Å². The molecule has 140 valence electrons. The van der Waals surface area contributed by atoms with E-state index in [1.165, 1.54) is 4.90 Å². The van der Waals surface area contributed by atoms with Gasteiger partial charge in [-0.2, -0.15) is 0 Å². The van der Waals surface area contributed by atoms with Crippen LogP contribution in [0.25, 0.3) is 5.65 Å². The van der Waals surface area contributed by atoms with E-state index >= 15 is 0 Å². The van der Waals surface area contributed by atoms with Crippen molar-refractivity contribution in [3.63, 3.8) is 0 Å². The normalized spacial score (nSPS) is 27.8. The summed E-state index contributed by atoms with van der Waals surface area (Å²) in [6.45, 7) is 1.87. The number of hydrogen-bond donors (Lipinski definition) is 0. The van der Waals surface area contributed by atoms with Crippen molar-refractivity contribution in [2.75, 3.05) is 0 Å². The zero-order chi connectivity index (χ0) is 18.7. The predicted octanol–water partition coefficient (Wildman–Crippen LogP) is 1.93. The second-order valence-electron chi connectivity index (χ2n) is 7.85. The molecule has 0 N–H and O–H groups in total. The molecule has 2 aromatic rings. The van der Waals surface area contributed by atoms with Gasteiger partial charge in [0.2, 0.25) is 11.8 Å². The summed E-state index contributed by atoms with van der Waals surface area (Å²) in [5, 5.41) is 0. The van der Waals surface area contributed by atoms with Gasteiger partial charge in [0.15, 0.2) is 0 Å². The molecule has 0 saturated carbocycles. The van der Waals surface area contributed by atoms with E-state index in [0.717, 1.165) is 24.2 Å². The monoisotopic (exact) mass is 366 g/mol. The first kappa shape index (κ1) is 16.5. The van der Waals surface area contributed by atoms with E-state index < -0.39 is 0 Å². The molecule has 2 unspecified atom stereocenters. The number of aromatic nitrogens is 2. The van der Waals surface area contributed by atoms with Crippen LogP contribution in [0.1, 0.15) is 54.7 Å². The lowest BCUT2D eigenvalue weighted by molar-refractivity contribution is -0.142. The fourth-order valence-electron chi connectivity index (χ4n) is 5.19. The van der Waals surface area contributed by atoms with E-state index in [-0.39, 0.29) is 35.8 Å². The van der Waals surface area contributed by atoms with Gasteiger partial charge in [-0.25, -0.2) is 4.98 Å². The quantitative estimate of drug-likeness (QED) is 0.761. The summed E-state index contributed by atoms with van der Waals surface area (Å²) in [5.41, 5.74) is 2.13. The minimum absolute atomic E-state index is 0.0104. The maximum atomic E-state index is 13.4. The lowest BCUT2D eigenvalue weighted by Crippen LogP contribution is -2.53. The van der Waals surface area contributed by atoms with Crippen LogP contribution >= 0.6 is 0 Å². The van der Waals surface area contributed by atoms with Crippen molar-refractivity contribution in [2.45, 2.75) is 63.6 Å². The zero-order valence-electron chi connectivity index (χ0n) is 15.3. The molecular formula is C20H22N4O3. The first-order valence-electron chi connectivity index (χ1n) is 9.66. The number of hydrogen-bond acceptors (Lipinski definition) is 4. The van der Waals surface area contributed by atoms with Crippen molar-refractivity contribution in [2.24, 2.45) is 0 Å². The van der Waals surface area contributed by atoms with Crippen LogP contribution in [0.2, 0.25) is 0 Å². The summed E-state index contributed by atoms with van der Waals surface area (Å²) in [4.78, 5) is 45.7. The van der Waals surface area contributed by atoms with Crippen molar-refractivity contribution < 1.29 is 14.4 Å². The van der Waals surface area contributed by atoms with Gasteiger partial charge in [0, 0.05) is 37.2 Å². The number of amides is 3. The first-order chi connectivity index (χ1) is 13.0. The molecular weight excluding hydrogens is 344 g/mol. The molecule has 2 aromatic heterocycles. The van der Waals surface area contributed by atoms with Crippen LogP contribution < -0.4 is 0 Å². The summed E-state index contributed by atoms with van der Waals surface area (Å²) in [5.74, 6) is -0.0974. The fourth-order valence-corrected chi connectivity index (χ4v) is 5.19. The average molecular weight is 366 g/mol. The largest absolute Gasteiger partial charge is 0.331 e. The number of fused-ring (bicyclic) bond motifs is 3. The predicted molar refractivity (Wildman–Crippen MR) is 97.0 cm³/mol. The van der Waals surface area contributed by atoms with Gasteiger partial charge in [0.05, 0.1) is 5.69 Å². The summed E-state index contributed by atoms with van der Waals surface area (Å²) in [6.07, 6.45) is 5.77. The Morgan fingerprint density at radius 2 is 1.70 bits per heavy atom. The van der Waals surface area contributed by atoms with Crippen molar-refractivity contribution in [1.29, 1.82) is 0 Å². The Bertz CT molecular complexity index is 935. The molecule has 2 atom stereocenters. The third-order valence-corrected chi connectivity index (χ3v) is 6.30. The zero-order valence-corrected chi connectivity index (χ0v) is 15.3. The molecule has 3 amide bonds. The minimum atomic E-state index is -0.0580. The number of carbonyl (C=O) groups excluding carboxylic acids is 3. The SMILES string of the molecule is Cc1nc2ccccn2c1C(=O)N1C2CCC1CC(N1C(=O)CCC1=O)C2. The molecule has 0 aromatic carbocycles. The second-order valence-corrected chi connectivity index (χ2v) is 7.85. The Kier molecular flexibility index (Phi) is 3.60. The smallest absolute Gasteiger partial charge is 0.273 e. The molecule has 3 fully saturated rings. The summed E-state index contributed by atoms with van der Waals surface area (Å²) in [7, 11) is 0. The molecule has 0 radical (unpaired) electrons. The highest BCUT2D eigenvalue weighted by atomic mass is 16.2. The summed E-state index contributed by atoms with van der Waals surface area (Å²) >= 11 is 0. The van der Waals surface area contributed by atoms with Crippen LogP contribution in [0, 0.1) is 6.92 Å². The standard InChI is InChI=1S/C20H22N4O3/c1-12-19(22-9-3-2-4-16(22)21-12)20(27)23-13-5-6-14(23)11-15(10-13)24-17(25)7-8-18(24)26/h2-4,9,13-15H,5-8,10-11H2,1H3. The van der Waals surface area contributed by atoms with Gasteiger partial charge in [-0.1, -0.05) is 6.07 Å². The van der Waals surface area contributed by atoms with Crippen molar-refractivity contribution in [3.05, 3.63) is 35.8 Å². The Balaban J connectivity index is 1.44. The van der Waals surface area contributed by atoms with E-state index in [2.05, 4.69) is 4.98 Å². The molecule has 7 nitrogen and oxygen atoms in total. The molecule has 3 aliphatic heterocycles. The van der Waals surface area contributed by atoms with Gasteiger partial charge in [-0.3, -0.25) is 23.7 Å². The third kappa shape index (κ3) is 2.40. The number of aryl methyl sites for hydroxylation is 1. The highest BCUT2D eigenvalue weighted by Gasteiger charge is 2.48. The number of imide groups is 1. The molecule has 3 aliphatic rings. The number of nitrogens with zero attached hydrogens (tertiary/aromatic N) is 4. The number of likely N-dealkylation sites (tertiary alicyclic amines) is 1. The van der Waals surface area contributed by atoms with E-state index in [9.17, 15) is 14.4 Å². The van der Waals surface area contributed by atoms with E-state index in [1.54, 1.807) is 0 Å². The molecule has 0 aliphatic carbocycles. The van der Waals surface area contributed by atoms with Crippen molar-refractivity contribution in [3.8, 4) is 0 Å². The summed E-state index contributed by atoms with van der Waals surface area (Å²) < 4.78 is 1.86. The number of rotatable bonds is 2. The molecule has 3 saturated heterocycles. The third-order valence-electron chi connectivity index (χ3n) is 6.30. The Hall–Kier alpha value is -2.70. The van der Waals surface area contributed by atoms with Crippen LogP contribution in [0.5, 0.6) is 0 Å². The van der Waals surface area contributed by atoms with Crippen molar-refractivity contribution in [1.82, 2.24) is 19.2 Å². The molecule has 27 heavy (non-hydrogen) atoms. The van der Waals surface area contributed by atoms with Gasteiger partial charge in [0.1, 0.15) is 11.3 Å². The van der Waals surface area contributed by atoms with Gasteiger partial charge in [-0.15, -0.1) is 0 Å². The van der Waals surface area contributed by atoms with Crippen LogP contribution in [-0.2, 0) is 9.59 Å². The van der Waals surface area contributed by atoms with E-state index in [4.69, 9.17) is 0 Å². The maximum absolute atomic E-state index is 13.4. The lowest BCUT2D eigenvalue weighted by atomic mass is 9.95. The molecule has 5 rings (SSSR count). The molecule has 0 spiro atoms. The van der Waals surface area contributed by atoms with E-state index in [1.807, 2.05) is 40.6 Å². The fraction of sp³-hybridized carbons (Fsp3) is 0.500. The number of piperidine rings is 1. The topological polar surface area (TPSA) is 75.0 Å². The Morgan fingerprint density at radius 3 is 2.37 bits per heavy atom. The minimum Gasteiger partial charge on any atom is -0.331 e. The second kappa shape index (κ2) is 5.90. The molecule has 5 heterocycles. The summed E-state index contributed by atoms with van der Waals surface area (Å²) in [6, 6.07) is 5.81. The van der Waals surface area contributed by atoms with Crippen LogP contribution in [0.4, 0.5) is 0 Å². The average Bonchev–Trinajstić information content (AvgIpc) is 3.25.